The smallest absolute Gasteiger partial charge is 0.261 e. The molecule has 2 unspecified atom stereocenters. The molecular formula is C21H26N2O3S. The summed E-state index contributed by atoms with van der Waals surface area (Å²) in [6, 6.07) is 13.4. The standard InChI is InChI=1S/C21H26N2O3S/c1-15-12-16(2)14-23(13-15)21(24)18-8-10-19(11-9-18)27(25,26)22-20-7-5-4-6-17(20)3/h4-11,15-16,22H,12-14H2,1-3H3. The van der Waals surface area contributed by atoms with E-state index in [9.17, 15) is 13.2 Å². The zero-order valence-corrected chi connectivity index (χ0v) is 16.8. The maximum atomic E-state index is 12.7. The van der Waals surface area contributed by atoms with Gasteiger partial charge in [0.1, 0.15) is 0 Å². The van der Waals surface area contributed by atoms with Crippen LogP contribution in [0.2, 0.25) is 0 Å². The first-order valence-corrected chi connectivity index (χ1v) is 10.7. The van der Waals surface area contributed by atoms with Crippen LogP contribution >= 0.6 is 0 Å². The highest BCUT2D eigenvalue weighted by Gasteiger charge is 2.26. The first kappa shape index (κ1) is 19.4. The molecule has 6 heteroatoms. The highest BCUT2D eigenvalue weighted by molar-refractivity contribution is 7.92. The Labute approximate surface area is 161 Å². The second-order valence-corrected chi connectivity index (χ2v) is 9.28. The average molecular weight is 387 g/mol. The van der Waals surface area contributed by atoms with E-state index in [2.05, 4.69) is 18.6 Å². The number of carbonyl (C=O) groups excluding carboxylic acids is 1. The lowest BCUT2D eigenvalue weighted by Gasteiger charge is -2.35. The molecular weight excluding hydrogens is 360 g/mol. The minimum Gasteiger partial charge on any atom is -0.338 e. The van der Waals surface area contributed by atoms with E-state index in [1.54, 1.807) is 24.3 Å². The number of anilines is 1. The Bertz CT molecular complexity index is 913. The lowest BCUT2D eigenvalue weighted by atomic mass is 9.91. The number of hydrogen-bond acceptors (Lipinski definition) is 3. The summed E-state index contributed by atoms with van der Waals surface area (Å²) in [5.74, 6) is 0.926. The third kappa shape index (κ3) is 4.50. The Morgan fingerprint density at radius 3 is 2.19 bits per heavy atom. The molecule has 144 valence electrons. The Hall–Kier alpha value is -2.34. The minimum atomic E-state index is -3.70. The quantitative estimate of drug-likeness (QED) is 0.866. The number of piperidine rings is 1. The molecule has 0 saturated carbocycles. The van der Waals surface area contributed by atoms with Crippen LogP contribution in [0.25, 0.3) is 0 Å². The number of nitrogens with zero attached hydrogens (tertiary/aromatic N) is 1. The zero-order chi connectivity index (χ0) is 19.6. The maximum absolute atomic E-state index is 12.7. The molecule has 1 saturated heterocycles. The number of benzene rings is 2. The number of aryl methyl sites for hydroxylation is 1. The van der Waals surface area contributed by atoms with E-state index in [0.717, 1.165) is 25.1 Å². The van der Waals surface area contributed by atoms with Crippen LogP contribution in [0.5, 0.6) is 0 Å². The number of para-hydroxylation sites is 1. The van der Waals surface area contributed by atoms with Crippen molar-refractivity contribution in [2.45, 2.75) is 32.1 Å². The first-order valence-electron chi connectivity index (χ1n) is 9.24. The van der Waals surface area contributed by atoms with Crippen LogP contribution in [0.1, 0.15) is 36.2 Å². The van der Waals surface area contributed by atoms with Crippen molar-refractivity contribution in [3.8, 4) is 0 Å². The van der Waals surface area contributed by atoms with Gasteiger partial charge in [0.15, 0.2) is 0 Å². The molecule has 2 aromatic rings. The highest BCUT2D eigenvalue weighted by Crippen LogP contribution is 2.24. The van der Waals surface area contributed by atoms with Gasteiger partial charge in [0, 0.05) is 18.7 Å². The molecule has 5 nitrogen and oxygen atoms in total. The first-order chi connectivity index (χ1) is 12.8. The van der Waals surface area contributed by atoms with Gasteiger partial charge in [-0.2, -0.15) is 0 Å². The fourth-order valence-corrected chi connectivity index (χ4v) is 4.81. The van der Waals surface area contributed by atoms with Gasteiger partial charge in [0.25, 0.3) is 15.9 Å². The normalized spacial score (nSPS) is 20.3. The zero-order valence-electron chi connectivity index (χ0n) is 16.0. The van der Waals surface area contributed by atoms with Gasteiger partial charge in [-0.05, 0) is 61.1 Å². The van der Waals surface area contributed by atoms with Crippen LogP contribution in [0.3, 0.4) is 0 Å². The van der Waals surface area contributed by atoms with E-state index in [1.165, 1.54) is 12.1 Å². The molecule has 2 aromatic carbocycles. The topological polar surface area (TPSA) is 66.5 Å². The van der Waals surface area contributed by atoms with E-state index < -0.39 is 10.0 Å². The van der Waals surface area contributed by atoms with Crippen LogP contribution in [0.15, 0.2) is 53.4 Å². The molecule has 27 heavy (non-hydrogen) atoms. The predicted molar refractivity (Wildman–Crippen MR) is 107 cm³/mol. The van der Waals surface area contributed by atoms with Gasteiger partial charge in [-0.3, -0.25) is 9.52 Å². The lowest BCUT2D eigenvalue weighted by Crippen LogP contribution is -2.42. The van der Waals surface area contributed by atoms with Crippen molar-refractivity contribution in [2.24, 2.45) is 11.8 Å². The van der Waals surface area contributed by atoms with Crippen LogP contribution in [0, 0.1) is 18.8 Å². The van der Waals surface area contributed by atoms with E-state index >= 15 is 0 Å². The van der Waals surface area contributed by atoms with E-state index in [1.807, 2.05) is 24.0 Å². The van der Waals surface area contributed by atoms with E-state index in [-0.39, 0.29) is 10.8 Å². The number of sulfonamides is 1. The fourth-order valence-electron chi connectivity index (χ4n) is 3.68. The molecule has 1 aliphatic heterocycles. The third-order valence-corrected chi connectivity index (χ3v) is 6.34. The Morgan fingerprint density at radius 1 is 1.00 bits per heavy atom. The van der Waals surface area contributed by atoms with Crippen molar-refractivity contribution in [1.29, 1.82) is 0 Å². The summed E-state index contributed by atoms with van der Waals surface area (Å²) >= 11 is 0. The van der Waals surface area contributed by atoms with Crippen molar-refractivity contribution >= 4 is 21.6 Å². The number of carbonyl (C=O) groups is 1. The van der Waals surface area contributed by atoms with Crippen molar-refractivity contribution in [3.63, 3.8) is 0 Å². The summed E-state index contributed by atoms with van der Waals surface area (Å²) in [4.78, 5) is 14.8. The van der Waals surface area contributed by atoms with E-state index in [4.69, 9.17) is 0 Å². The summed E-state index contributed by atoms with van der Waals surface area (Å²) in [6.45, 7) is 7.65. The SMILES string of the molecule is Cc1ccccc1NS(=O)(=O)c1ccc(C(=O)N2CC(C)CC(C)C2)cc1. The summed E-state index contributed by atoms with van der Waals surface area (Å²) in [7, 11) is -3.70. The third-order valence-electron chi connectivity index (χ3n) is 4.96. The fraction of sp³-hybridized carbons (Fsp3) is 0.381. The van der Waals surface area contributed by atoms with Gasteiger partial charge < -0.3 is 4.90 Å². The van der Waals surface area contributed by atoms with Crippen LogP contribution in [-0.4, -0.2) is 32.3 Å². The van der Waals surface area contributed by atoms with Gasteiger partial charge in [0.05, 0.1) is 10.6 Å². The molecule has 1 amide bonds. The van der Waals surface area contributed by atoms with E-state index in [0.29, 0.717) is 23.1 Å². The molecule has 1 heterocycles. The largest absolute Gasteiger partial charge is 0.338 e. The van der Waals surface area contributed by atoms with Crippen LogP contribution in [-0.2, 0) is 10.0 Å². The highest BCUT2D eigenvalue weighted by atomic mass is 32.2. The van der Waals surface area contributed by atoms with Crippen LogP contribution < -0.4 is 4.72 Å². The number of hydrogen-bond donors (Lipinski definition) is 1. The second-order valence-electron chi connectivity index (χ2n) is 7.60. The Kier molecular flexibility index (Phi) is 5.56. The Balaban J connectivity index is 1.76. The van der Waals surface area contributed by atoms with Gasteiger partial charge in [0.2, 0.25) is 0 Å². The average Bonchev–Trinajstić information content (AvgIpc) is 2.62. The molecule has 3 rings (SSSR count). The summed E-state index contributed by atoms with van der Waals surface area (Å²) in [6.07, 6.45) is 1.13. The predicted octanol–water partition coefficient (Wildman–Crippen LogP) is 3.91. The van der Waals surface area contributed by atoms with Crippen molar-refractivity contribution in [2.75, 3.05) is 17.8 Å². The second kappa shape index (κ2) is 7.72. The molecule has 1 N–H and O–H groups in total. The lowest BCUT2D eigenvalue weighted by molar-refractivity contribution is 0.0623. The summed E-state index contributed by atoms with van der Waals surface area (Å²) in [5.41, 5.74) is 1.92. The molecule has 1 fully saturated rings. The minimum absolute atomic E-state index is 0.0378. The number of amides is 1. The van der Waals surface area contributed by atoms with Gasteiger partial charge in [-0.15, -0.1) is 0 Å². The molecule has 0 aliphatic carbocycles. The van der Waals surface area contributed by atoms with Gasteiger partial charge in [-0.25, -0.2) is 8.42 Å². The van der Waals surface area contributed by atoms with Crippen molar-refractivity contribution in [1.82, 2.24) is 4.90 Å². The number of nitrogens with one attached hydrogen (secondary N) is 1. The molecule has 0 aromatic heterocycles. The van der Waals surface area contributed by atoms with Gasteiger partial charge >= 0.3 is 0 Å². The van der Waals surface area contributed by atoms with Crippen molar-refractivity contribution in [3.05, 3.63) is 59.7 Å². The molecule has 0 spiro atoms. The van der Waals surface area contributed by atoms with Crippen molar-refractivity contribution < 1.29 is 13.2 Å². The number of likely N-dealkylation sites (tertiary alicyclic amines) is 1. The molecule has 2 atom stereocenters. The number of rotatable bonds is 4. The van der Waals surface area contributed by atoms with Crippen LogP contribution in [0.4, 0.5) is 5.69 Å². The summed E-state index contributed by atoms with van der Waals surface area (Å²) < 4.78 is 27.8. The van der Waals surface area contributed by atoms with Gasteiger partial charge in [-0.1, -0.05) is 32.0 Å². The summed E-state index contributed by atoms with van der Waals surface area (Å²) in [5, 5.41) is 0. The maximum Gasteiger partial charge on any atom is 0.261 e. The molecule has 0 bridgehead atoms. The molecule has 0 radical (unpaired) electrons. The monoisotopic (exact) mass is 386 g/mol. The Morgan fingerprint density at radius 2 is 1.59 bits per heavy atom. The molecule has 1 aliphatic rings.